The number of benzene rings is 1. The molecule has 0 aliphatic rings. The van der Waals surface area contributed by atoms with Gasteiger partial charge in [0, 0.05) is 24.2 Å². The predicted octanol–water partition coefficient (Wildman–Crippen LogP) is 4.08. The molecule has 0 saturated carbocycles. The van der Waals surface area contributed by atoms with Crippen molar-refractivity contribution in [1.29, 1.82) is 0 Å². The van der Waals surface area contributed by atoms with Crippen LogP contribution in [0.1, 0.15) is 50.2 Å². The van der Waals surface area contributed by atoms with Gasteiger partial charge in [-0.3, -0.25) is 4.79 Å². The molecule has 2 heterocycles. The lowest BCUT2D eigenvalue weighted by atomic mass is 10.1. The summed E-state index contributed by atoms with van der Waals surface area (Å²) < 4.78 is 1.45. The molecular formula is C19H24N4OS. The smallest absolute Gasteiger partial charge is 0.275 e. The van der Waals surface area contributed by atoms with Gasteiger partial charge in [0.15, 0.2) is 0 Å². The SMILES string of the molecule is CCC(CC)c1nn2c(=O)cc(CN(CC)c3ccccc3)nc2s1. The van der Waals surface area contributed by atoms with E-state index in [2.05, 4.69) is 42.9 Å². The molecule has 0 fully saturated rings. The molecule has 0 N–H and O–H groups in total. The third-order valence-electron chi connectivity index (χ3n) is 4.50. The van der Waals surface area contributed by atoms with Crippen LogP contribution in [0.4, 0.5) is 5.69 Å². The van der Waals surface area contributed by atoms with Crippen LogP contribution in [0.5, 0.6) is 0 Å². The second-order valence-corrected chi connectivity index (χ2v) is 7.07. The summed E-state index contributed by atoms with van der Waals surface area (Å²) in [5, 5.41) is 5.50. The van der Waals surface area contributed by atoms with Crippen LogP contribution in [-0.2, 0) is 6.54 Å². The molecule has 0 aliphatic carbocycles. The zero-order valence-corrected chi connectivity index (χ0v) is 15.8. The van der Waals surface area contributed by atoms with E-state index in [1.165, 1.54) is 15.9 Å². The highest BCUT2D eigenvalue weighted by Crippen LogP contribution is 2.26. The first-order valence-corrected chi connectivity index (χ1v) is 9.67. The molecule has 0 aliphatic heterocycles. The summed E-state index contributed by atoms with van der Waals surface area (Å²) >= 11 is 1.54. The quantitative estimate of drug-likeness (QED) is 0.640. The molecule has 0 radical (unpaired) electrons. The lowest BCUT2D eigenvalue weighted by molar-refractivity contribution is 0.623. The van der Waals surface area contributed by atoms with Crippen molar-refractivity contribution in [2.75, 3.05) is 11.4 Å². The Balaban J connectivity index is 1.93. The van der Waals surface area contributed by atoms with E-state index < -0.39 is 0 Å². The number of rotatable bonds is 7. The first kappa shape index (κ1) is 17.6. The summed E-state index contributed by atoms with van der Waals surface area (Å²) in [5.74, 6) is 0.394. The molecule has 6 heteroatoms. The molecule has 0 bridgehead atoms. The van der Waals surface area contributed by atoms with E-state index >= 15 is 0 Å². The fourth-order valence-electron chi connectivity index (χ4n) is 2.97. The molecule has 3 rings (SSSR count). The van der Waals surface area contributed by atoms with Crippen molar-refractivity contribution in [2.45, 2.75) is 46.1 Å². The van der Waals surface area contributed by atoms with Crippen molar-refractivity contribution in [2.24, 2.45) is 0 Å². The maximum Gasteiger partial charge on any atom is 0.275 e. The van der Waals surface area contributed by atoms with Crippen molar-refractivity contribution in [3.05, 3.63) is 57.5 Å². The molecule has 0 spiro atoms. The van der Waals surface area contributed by atoms with Crippen LogP contribution in [0.2, 0.25) is 0 Å². The highest BCUT2D eigenvalue weighted by atomic mass is 32.1. The number of fused-ring (bicyclic) bond motifs is 1. The maximum absolute atomic E-state index is 12.5. The number of nitrogens with zero attached hydrogens (tertiary/aromatic N) is 4. The first-order chi connectivity index (χ1) is 12.2. The minimum atomic E-state index is -0.0995. The minimum Gasteiger partial charge on any atom is -0.366 e. The van der Waals surface area contributed by atoms with Crippen LogP contribution in [0.25, 0.3) is 4.96 Å². The van der Waals surface area contributed by atoms with Gasteiger partial charge < -0.3 is 4.90 Å². The zero-order valence-electron chi connectivity index (χ0n) is 15.0. The van der Waals surface area contributed by atoms with Gasteiger partial charge in [0.25, 0.3) is 5.56 Å². The largest absolute Gasteiger partial charge is 0.366 e. The Morgan fingerprint density at radius 1 is 1.16 bits per heavy atom. The lowest BCUT2D eigenvalue weighted by Gasteiger charge is -2.22. The zero-order chi connectivity index (χ0) is 17.8. The third kappa shape index (κ3) is 3.74. The van der Waals surface area contributed by atoms with E-state index in [0.717, 1.165) is 35.8 Å². The van der Waals surface area contributed by atoms with Crippen LogP contribution < -0.4 is 10.5 Å². The monoisotopic (exact) mass is 356 g/mol. The van der Waals surface area contributed by atoms with E-state index in [0.29, 0.717) is 17.4 Å². The minimum absolute atomic E-state index is 0.0995. The number of aromatic nitrogens is 3. The molecular weight excluding hydrogens is 332 g/mol. The second kappa shape index (κ2) is 7.78. The Bertz CT molecular complexity index is 883. The molecule has 0 amide bonds. The topological polar surface area (TPSA) is 50.5 Å². The van der Waals surface area contributed by atoms with Gasteiger partial charge in [0.05, 0.1) is 12.2 Å². The summed E-state index contributed by atoms with van der Waals surface area (Å²) in [6.07, 6.45) is 2.05. The summed E-state index contributed by atoms with van der Waals surface area (Å²) in [4.78, 5) is 20.1. The van der Waals surface area contributed by atoms with Crippen LogP contribution in [-0.4, -0.2) is 21.1 Å². The van der Waals surface area contributed by atoms with E-state index in [4.69, 9.17) is 4.98 Å². The Morgan fingerprint density at radius 2 is 1.88 bits per heavy atom. The summed E-state index contributed by atoms with van der Waals surface area (Å²) in [6, 6.07) is 11.8. The van der Waals surface area contributed by atoms with Crippen LogP contribution in [0.3, 0.4) is 0 Å². The molecule has 0 atom stereocenters. The van der Waals surface area contributed by atoms with E-state index in [1.807, 2.05) is 18.2 Å². The van der Waals surface area contributed by atoms with Crippen molar-refractivity contribution in [1.82, 2.24) is 14.6 Å². The highest BCUT2D eigenvalue weighted by molar-refractivity contribution is 7.16. The van der Waals surface area contributed by atoms with E-state index in [1.54, 1.807) is 6.07 Å². The van der Waals surface area contributed by atoms with Crippen molar-refractivity contribution in [3.8, 4) is 0 Å². The fraction of sp³-hybridized carbons (Fsp3) is 0.421. The first-order valence-electron chi connectivity index (χ1n) is 8.85. The summed E-state index contributed by atoms with van der Waals surface area (Å²) in [5.41, 5.74) is 1.82. The molecule has 0 unspecified atom stereocenters. The molecule has 25 heavy (non-hydrogen) atoms. The van der Waals surface area contributed by atoms with Crippen molar-refractivity contribution < 1.29 is 0 Å². The van der Waals surface area contributed by atoms with Gasteiger partial charge in [-0.2, -0.15) is 9.61 Å². The molecule has 0 saturated heterocycles. The number of hydrogen-bond acceptors (Lipinski definition) is 5. The van der Waals surface area contributed by atoms with Gasteiger partial charge in [-0.05, 0) is 31.9 Å². The average molecular weight is 356 g/mol. The Hall–Kier alpha value is -2.21. The predicted molar refractivity (Wildman–Crippen MR) is 104 cm³/mol. The van der Waals surface area contributed by atoms with Gasteiger partial charge >= 0.3 is 0 Å². The number of anilines is 1. The van der Waals surface area contributed by atoms with Gasteiger partial charge in [-0.1, -0.05) is 43.4 Å². The van der Waals surface area contributed by atoms with E-state index in [9.17, 15) is 4.79 Å². The molecule has 5 nitrogen and oxygen atoms in total. The van der Waals surface area contributed by atoms with E-state index in [-0.39, 0.29) is 5.56 Å². The molecule has 2 aromatic heterocycles. The fourth-order valence-corrected chi connectivity index (χ4v) is 4.16. The molecule has 132 valence electrons. The Labute approximate surface area is 152 Å². The van der Waals surface area contributed by atoms with Crippen molar-refractivity contribution >= 4 is 22.0 Å². The van der Waals surface area contributed by atoms with Crippen LogP contribution in [0.15, 0.2) is 41.2 Å². The Kier molecular flexibility index (Phi) is 5.48. The molecule has 3 aromatic rings. The van der Waals surface area contributed by atoms with Crippen LogP contribution >= 0.6 is 11.3 Å². The van der Waals surface area contributed by atoms with Gasteiger partial charge in [0.2, 0.25) is 4.96 Å². The standard InChI is InChI=1S/C19H24N4OS/c1-4-14(5-2)18-21-23-17(24)12-15(20-19(23)25-18)13-22(6-3)16-10-8-7-9-11-16/h7-12,14H,4-6,13H2,1-3H3. The number of para-hydroxylation sites is 1. The van der Waals surface area contributed by atoms with Crippen LogP contribution in [0, 0.1) is 0 Å². The Morgan fingerprint density at radius 3 is 2.52 bits per heavy atom. The number of hydrogen-bond donors (Lipinski definition) is 0. The van der Waals surface area contributed by atoms with Crippen molar-refractivity contribution in [3.63, 3.8) is 0 Å². The average Bonchev–Trinajstić information content (AvgIpc) is 3.06. The van der Waals surface area contributed by atoms with Gasteiger partial charge in [-0.25, -0.2) is 4.98 Å². The maximum atomic E-state index is 12.5. The van der Waals surface area contributed by atoms with Gasteiger partial charge in [-0.15, -0.1) is 0 Å². The molecule has 1 aromatic carbocycles. The van der Waals surface area contributed by atoms with Gasteiger partial charge in [0.1, 0.15) is 5.01 Å². The highest BCUT2D eigenvalue weighted by Gasteiger charge is 2.16. The second-order valence-electron chi connectivity index (χ2n) is 6.08. The lowest BCUT2D eigenvalue weighted by Crippen LogP contribution is -2.24. The summed E-state index contributed by atoms with van der Waals surface area (Å²) in [6.45, 7) is 7.88. The normalized spacial score (nSPS) is 11.4. The summed E-state index contributed by atoms with van der Waals surface area (Å²) in [7, 11) is 0. The third-order valence-corrected chi connectivity index (χ3v) is 5.58.